The molecule has 0 rings (SSSR count). The molecule has 1 heteroatoms. The highest BCUT2D eigenvalue weighted by atomic mass is 31.0. The van der Waals surface area contributed by atoms with Crippen LogP contribution in [0.4, 0.5) is 0 Å². The van der Waals surface area contributed by atoms with Crippen LogP contribution in [-0.2, 0) is 0 Å². The number of hydrogen-bond donors (Lipinski definition) is 0. The SMILES string of the molecule is CC(C)CCCCCCCCCCP. The van der Waals surface area contributed by atoms with Crippen molar-refractivity contribution in [3.63, 3.8) is 0 Å². The van der Waals surface area contributed by atoms with Crippen molar-refractivity contribution in [1.29, 1.82) is 0 Å². The molecule has 0 aliphatic carbocycles. The lowest BCUT2D eigenvalue weighted by Crippen LogP contribution is -1.87. The van der Waals surface area contributed by atoms with Crippen LogP contribution < -0.4 is 0 Å². The average Bonchev–Trinajstić information content (AvgIpc) is 2.15. The van der Waals surface area contributed by atoms with E-state index in [1.807, 2.05) is 0 Å². The minimum absolute atomic E-state index is 0.900. The zero-order chi connectivity index (χ0) is 10.6. The van der Waals surface area contributed by atoms with Gasteiger partial charge in [0.15, 0.2) is 0 Å². The van der Waals surface area contributed by atoms with Gasteiger partial charge < -0.3 is 0 Å². The van der Waals surface area contributed by atoms with Crippen molar-refractivity contribution < 1.29 is 0 Å². The molecule has 0 nitrogen and oxygen atoms in total. The summed E-state index contributed by atoms with van der Waals surface area (Å²) in [7, 11) is 2.81. The van der Waals surface area contributed by atoms with Crippen LogP contribution in [0.1, 0.15) is 71.6 Å². The van der Waals surface area contributed by atoms with Crippen LogP contribution in [0.15, 0.2) is 0 Å². The van der Waals surface area contributed by atoms with Crippen molar-refractivity contribution in [1.82, 2.24) is 0 Å². The summed E-state index contributed by atoms with van der Waals surface area (Å²) in [6.07, 6.45) is 14.3. The summed E-state index contributed by atoms with van der Waals surface area (Å²) in [5.41, 5.74) is 0. The third-order valence-corrected chi connectivity index (χ3v) is 3.14. The van der Waals surface area contributed by atoms with Crippen molar-refractivity contribution in [3.8, 4) is 0 Å². The molecule has 0 saturated heterocycles. The van der Waals surface area contributed by atoms with E-state index in [9.17, 15) is 0 Å². The average molecular weight is 216 g/mol. The van der Waals surface area contributed by atoms with Gasteiger partial charge in [0.25, 0.3) is 0 Å². The second-order valence-electron chi connectivity index (χ2n) is 4.80. The quantitative estimate of drug-likeness (QED) is 0.355. The first-order chi connectivity index (χ1) is 6.77. The monoisotopic (exact) mass is 216 g/mol. The Morgan fingerprint density at radius 1 is 0.714 bits per heavy atom. The third kappa shape index (κ3) is 12.4. The fourth-order valence-electron chi connectivity index (χ4n) is 1.76. The zero-order valence-electron chi connectivity index (χ0n) is 10.2. The Kier molecular flexibility index (Phi) is 11.9. The molecule has 0 aromatic carbocycles. The highest BCUT2D eigenvalue weighted by Gasteiger charge is 1.94. The summed E-state index contributed by atoms with van der Waals surface area (Å²) >= 11 is 0. The van der Waals surface area contributed by atoms with Crippen LogP contribution in [0.5, 0.6) is 0 Å². The Labute approximate surface area is 93.4 Å². The molecule has 0 bridgehead atoms. The van der Waals surface area contributed by atoms with Crippen molar-refractivity contribution in [2.75, 3.05) is 6.16 Å². The molecule has 0 aromatic rings. The molecule has 0 spiro atoms. The van der Waals surface area contributed by atoms with E-state index in [2.05, 4.69) is 23.1 Å². The molecule has 0 heterocycles. The van der Waals surface area contributed by atoms with Gasteiger partial charge in [0, 0.05) is 0 Å². The highest BCUT2D eigenvalue weighted by molar-refractivity contribution is 7.16. The fourth-order valence-corrected chi connectivity index (χ4v) is 2.05. The molecule has 14 heavy (non-hydrogen) atoms. The molecule has 0 radical (unpaired) electrons. The van der Waals surface area contributed by atoms with Crippen LogP contribution >= 0.6 is 9.24 Å². The maximum Gasteiger partial charge on any atom is -0.0381 e. The molecule has 86 valence electrons. The standard InChI is InChI=1S/C13H29P/c1-13(2)11-9-7-5-3-4-6-8-10-12-14/h13H,3-12,14H2,1-2H3. The van der Waals surface area contributed by atoms with Gasteiger partial charge >= 0.3 is 0 Å². The van der Waals surface area contributed by atoms with E-state index in [4.69, 9.17) is 0 Å². The second kappa shape index (κ2) is 11.5. The number of unbranched alkanes of at least 4 members (excludes halogenated alkanes) is 7. The third-order valence-electron chi connectivity index (χ3n) is 2.74. The van der Waals surface area contributed by atoms with Gasteiger partial charge in [-0.15, -0.1) is 9.24 Å². The molecule has 0 aromatic heterocycles. The molecule has 0 amide bonds. The summed E-state index contributed by atoms with van der Waals surface area (Å²) in [6, 6.07) is 0. The van der Waals surface area contributed by atoms with E-state index < -0.39 is 0 Å². The van der Waals surface area contributed by atoms with E-state index in [-0.39, 0.29) is 0 Å². The topological polar surface area (TPSA) is 0 Å². The minimum atomic E-state index is 0.900. The summed E-state index contributed by atoms with van der Waals surface area (Å²) in [4.78, 5) is 0. The summed E-state index contributed by atoms with van der Waals surface area (Å²) < 4.78 is 0. The van der Waals surface area contributed by atoms with Gasteiger partial charge in [-0.25, -0.2) is 0 Å². The molecule has 0 aliphatic rings. The van der Waals surface area contributed by atoms with Crippen LogP contribution in [-0.4, -0.2) is 6.16 Å². The fraction of sp³-hybridized carbons (Fsp3) is 1.00. The zero-order valence-corrected chi connectivity index (χ0v) is 11.4. The maximum absolute atomic E-state index is 2.81. The number of hydrogen-bond acceptors (Lipinski definition) is 0. The van der Waals surface area contributed by atoms with Gasteiger partial charge in [0.1, 0.15) is 0 Å². The summed E-state index contributed by atoms with van der Waals surface area (Å²) in [5.74, 6) is 0.900. The minimum Gasteiger partial charge on any atom is -0.138 e. The summed E-state index contributed by atoms with van der Waals surface area (Å²) in [5, 5.41) is 0. The molecule has 0 fully saturated rings. The van der Waals surface area contributed by atoms with Crippen LogP contribution in [0.3, 0.4) is 0 Å². The van der Waals surface area contributed by atoms with E-state index in [1.165, 1.54) is 63.9 Å². The predicted octanol–water partition coefficient (Wildman–Crippen LogP) is 5.03. The first-order valence-corrected chi connectivity index (χ1v) is 7.29. The van der Waals surface area contributed by atoms with Crippen molar-refractivity contribution in [2.24, 2.45) is 5.92 Å². The van der Waals surface area contributed by atoms with Crippen molar-refractivity contribution in [2.45, 2.75) is 71.6 Å². The smallest absolute Gasteiger partial charge is 0.0381 e. The Morgan fingerprint density at radius 3 is 1.57 bits per heavy atom. The van der Waals surface area contributed by atoms with Crippen LogP contribution in [0.25, 0.3) is 0 Å². The first-order valence-electron chi connectivity index (χ1n) is 6.47. The Morgan fingerprint density at radius 2 is 1.14 bits per heavy atom. The number of rotatable bonds is 10. The lowest BCUT2D eigenvalue weighted by molar-refractivity contribution is 0.509. The van der Waals surface area contributed by atoms with Gasteiger partial charge in [0.2, 0.25) is 0 Å². The molecule has 0 aliphatic heterocycles. The van der Waals surface area contributed by atoms with E-state index in [0.717, 1.165) is 5.92 Å². The molecule has 0 N–H and O–H groups in total. The first kappa shape index (κ1) is 14.4. The Balaban J connectivity index is 2.85. The van der Waals surface area contributed by atoms with Gasteiger partial charge in [0.05, 0.1) is 0 Å². The largest absolute Gasteiger partial charge is 0.138 e. The van der Waals surface area contributed by atoms with Crippen LogP contribution in [0, 0.1) is 5.92 Å². The lowest BCUT2D eigenvalue weighted by Gasteiger charge is -2.04. The van der Waals surface area contributed by atoms with E-state index >= 15 is 0 Å². The van der Waals surface area contributed by atoms with Crippen molar-refractivity contribution >= 4 is 9.24 Å². The van der Waals surface area contributed by atoms with Gasteiger partial charge in [-0.3, -0.25) is 0 Å². The molecular formula is C13H29P. The highest BCUT2D eigenvalue weighted by Crippen LogP contribution is 2.12. The Hall–Kier alpha value is 0.430. The normalized spacial score (nSPS) is 11.1. The van der Waals surface area contributed by atoms with Gasteiger partial charge in [-0.2, -0.15) is 0 Å². The lowest BCUT2D eigenvalue weighted by atomic mass is 10.0. The van der Waals surface area contributed by atoms with E-state index in [1.54, 1.807) is 0 Å². The van der Waals surface area contributed by atoms with Crippen molar-refractivity contribution in [3.05, 3.63) is 0 Å². The summed E-state index contributed by atoms with van der Waals surface area (Å²) in [6.45, 7) is 4.64. The predicted molar refractivity (Wildman–Crippen MR) is 71.0 cm³/mol. The van der Waals surface area contributed by atoms with Crippen LogP contribution in [0.2, 0.25) is 0 Å². The van der Waals surface area contributed by atoms with Gasteiger partial charge in [-0.1, -0.05) is 65.2 Å². The second-order valence-corrected chi connectivity index (χ2v) is 5.38. The maximum atomic E-state index is 2.81. The van der Waals surface area contributed by atoms with Gasteiger partial charge in [-0.05, 0) is 18.5 Å². The molecule has 0 saturated carbocycles. The Bertz CT molecular complexity index is 99.4. The molecule has 1 atom stereocenters. The molecular weight excluding hydrogens is 187 g/mol. The van der Waals surface area contributed by atoms with E-state index in [0.29, 0.717) is 0 Å². The molecule has 1 unspecified atom stereocenters.